The third kappa shape index (κ3) is 3.14. The van der Waals surface area contributed by atoms with Crippen molar-refractivity contribution < 1.29 is 4.74 Å². The molecule has 1 saturated heterocycles. The SMILES string of the molecule is Cc1ccc(Cc2cncc(N3CCOCC3)c2)cn1. The van der Waals surface area contributed by atoms with Crippen molar-refractivity contribution in [3.63, 3.8) is 0 Å². The first-order valence-electron chi connectivity index (χ1n) is 6.99. The monoisotopic (exact) mass is 269 g/mol. The summed E-state index contributed by atoms with van der Waals surface area (Å²) in [5, 5.41) is 0. The van der Waals surface area contributed by atoms with E-state index in [4.69, 9.17) is 4.74 Å². The molecular weight excluding hydrogens is 250 g/mol. The summed E-state index contributed by atoms with van der Waals surface area (Å²) >= 11 is 0. The predicted molar refractivity (Wildman–Crippen MR) is 79.0 cm³/mol. The van der Waals surface area contributed by atoms with Crippen LogP contribution in [0.15, 0.2) is 36.8 Å². The number of pyridine rings is 2. The molecule has 0 bridgehead atoms. The number of hydrogen-bond donors (Lipinski definition) is 0. The Morgan fingerprint density at radius 3 is 2.70 bits per heavy atom. The molecule has 0 spiro atoms. The van der Waals surface area contributed by atoms with Crippen LogP contribution in [0.5, 0.6) is 0 Å². The van der Waals surface area contributed by atoms with E-state index in [2.05, 4.69) is 33.1 Å². The zero-order valence-corrected chi connectivity index (χ0v) is 11.7. The van der Waals surface area contributed by atoms with Crippen molar-refractivity contribution in [2.75, 3.05) is 31.2 Å². The van der Waals surface area contributed by atoms with E-state index < -0.39 is 0 Å². The fraction of sp³-hybridized carbons (Fsp3) is 0.375. The van der Waals surface area contributed by atoms with E-state index in [1.165, 1.54) is 16.8 Å². The maximum absolute atomic E-state index is 5.39. The zero-order chi connectivity index (χ0) is 13.8. The van der Waals surface area contributed by atoms with Crippen LogP contribution in [-0.4, -0.2) is 36.3 Å². The summed E-state index contributed by atoms with van der Waals surface area (Å²) in [5.74, 6) is 0. The lowest BCUT2D eigenvalue weighted by Crippen LogP contribution is -2.36. The van der Waals surface area contributed by atoms with Crippen molar-refractivity contribution in [2.24, 2.45) is 0 Å². The number of aryl methyl sites for hydroxylation is 1. The molecule has 20 heavy (non-hydrogen) atoms. The van der Waals surface area contributed by atoms with Gasteiger partial charge in [-0.25, -0.2) is 0 Å². The number of rotatable bonds is 3. The highest BCUT2D eigenvalue weighted by atomic mass is 16.5. The topological polar surface area (TPSA) is 38.2 Å². The zero-order valence-electron chi connectivity index (χ0n) is 11.7. The number of morpholine rings is 1. The number of ether oxygens (including phenoxy) is 1. The van der Waals surface area contributed by atoms with Gasteiger partial charge in [-0.2, -0.15) is 0 Å². The largest absolute Gasteiger partial charge is 0.378 e. The highest BCUT2D eigenvalue weighted by Gasteiger charge is 2.11. The third-order valence-corrected chi connectivity index (χ3v) is 3.54. The fourth-order valence-electron chi connectivity index (χ4n) is 2.40. The van der Waals surface area contributed by atoms with Gasteiger partial charge in [0.1, 0.15) is 0 Å². The van der Waals surface area contributed by atoms with Crippen LogP contribution in [0.2, 0.25) is 0 Å². The van der Waals surface area contributed by atoms with Gasteiger partial charge in [0.25, 0.3) is 0 Å². The first kappa shape index (κ1) is 13.1. The van der Waals surface area contributed by atoms with E-state index in [0.29, 0.717) is 0 Å². The highest BCUT2D eigenvalue weighted by molar-refractivity contribution is 5.47. The number of hydrogen-bond acceptors (Lipinski definition) is 4. The van der Waals surface area contributed by atoms with Crippen molar-refractivity contribution in [3.05, 3.63) is 53.6 Å². The van der Waals surface area contributed by atoms with Gasteiger partial charge in [0, 0.05) is 37.6 Å². The molecule has 1 aliphatic heterocycles. The highest BCUT2D eigenvalue weighted by Crippen LogP contribution is 2.18. The fourth-order valence-corrected chi connectivity index (χ4v) is 2.40. The Morgan fingerprint density at radius 2 is 1.95 bits per heavy atom. The van der Waals surface area contributed by atoms with Crippen LogP contribution in [0.4, 0.5) is 5.69 Å². The molecule has 0 N–H and O–H groups in total. The van der Waals surface area contributed by atoms with Crippen LogP contribution in [0.25, 0.3) is 0 Å². The molecule has 0 aromatic carbocycles. The van der Waals surface area contributed by atoms with Crippen LogP contribution in [0.1, 0.15) is 16.8 Å². The molecule has 2 aromatic heterocycles. The number of aromatic nitrogens is 2. The summed E-state index contributed by atoms with van der Waals surface area (Å²) in [6.45, 7) is 5.48. The minimum absolute atomic E-state index is 0.798. The Bertz CT molecular complexity index is 562. The van der Waals surface area contributed by atoms with Gasteiger partial charge < -0.3 is 9.64 Å². The molecule has 2 aromatic rings. The van der Waals surface area contributed by atoms with Gasteiger partial charge in [-0.1, -0.05) is 6.07 Å². The van der Waals surface area contributed by atoms with Gasteiger partial charge in [-0.15, -0.1) is 0 Å². The molecular formula is C16H19N3O. The van der Waals surface area contributed by atoms with E-state index in [1.807, 2.05) is 25.5 Å². The van der Waals surface area contributed by atoms with Gasteiger partial charge in [-0.05, 0) is 30.2 Å². The van der Waals surface area contributed by atoms with E-state index in [1.54, 1.807) is 0 Å². The van der Waals surface area contributed by atoms with Gasteiger partial charge in [0.2, 0.25) is 0 Å². The summed E-state index contributed by atoms with van der Waals surface area (Å²) in [5.41, 5.74) is 4.68. The average Bonchev–Trinajstić information content (AvgIpc) is 2.51. The van der Waals surface area contributed by atoms with Crippen LogP contribution >= 0.6 is 0 Å². The second kappa shape index (κ2) is 6.01. The molecule has 104 valence electrons. The summed E-state index contributed by atoms with van der Waals surface area (Å²) in [7, 11) is 0. The Kier molecular flexibility index (Phi) is 3.92. The molecule has 3 rings (SSSR count). The van der Waals surface area contributed by atoms with E-state index in [0.717, 1.165) is 38.4 Å². The molecule has 0 unspecified atom stereocenters. The summed E-state index contributed by atoms with van der Waals surface area (Å²) < 4.78 is 5.39. The Labute approximate surface area is 119 Å². The van der Waals surface area contributed by atoms with Crippen molar-refractivity contribution >= 4 is 5.69 Å². The summed E-state index contributed by atoms with van der Waals surface area (Å²) in [6.07, 6.45) is 6.68. The quantitative estimate of drug-likeness (QED) is 0.856. The van der Waals surface area contributed by atoms with Crippen molar-refractivity contribution in [1.29, 1.82) is 0 Å². The second-order valence-corrected chi connectivity index (χ2v) is 5.14. The van der Waals surface area contributed by atoms with E-state index in [9.17, 15) is 0 Å². The van der Waals surface area contributed by atoms with Crippen molar-refractivity contribution in [2.45, 2.75) is 13.3 Å². The minimum atomic E-state index is 0.798. The lowest BCUT2D eigenvalue weighted by molar-refractivity contribution is 0.122. The van der Waals surface area contributed by atoms with Crippen LogP contribution < -0.4 is 4.90 Å². The Balaban J connectivity index is 1.75. The summed E-state index contributed by atoms with van der Waals surface area (Å²) in [4.78, 5) is 11.0. The number of anilines is 1. The van der Waals surface area contributed by atoms with Gasteiger partial charge in [-0.3, -0.25) is 9.97 Å². The van der Waals surface area contributed by atoms with Gasteiger partial charge in [0.05, 0.1) is 25.1 Å². The smallest absolute Gasteiger partial charge is 0.0642 e. The molecule has 0 atom stereocenters. The van der Waals surface area contributed by atoms with Crippen LogP contribution in [0.3, 0.4) is 0 Å². The first-order valence-corrected chi connectivity index (χ1v) is 6.99. The lowest BCUT2D eigenvalue weighted by atomic mass is 10.1. The number of nitrogens with zero attached hydrogens (tertiary/aromatic N) is 3. The van der Waals surface area contributed by atoms with E-state index >= 15 is 0 Å². The van der Waals surface area contributed by atoms with Gasteiger partial charge in [0.15, 0.2) is 0 Å². The molecule has 4 heteroatoms. The molecule has 4 nitrogen and oxygen atoms in total. The van der Waals surface area contributed by atoms with E-state index in [-0.39, 0.29) is 0 Å². The maximum Gasteiger partial charge on any atom is 0.0642 e. The molecule has 1 fully saturated rings. The minimum Gasteiger partial charge on any atom is -0.378 e. The molecule has 0 radical (unpaired) electrons. The second-order valence-electron chi connectivity index (χ2n) is 5.14. The van der Waals surface area contributed by atoms with Crippen molar-refractivity contribution in [3.8, 4) is 0 Å². The van der Waals surface area contributed by atoms with Gasteiger partial charge >= 0.3 is 0 Å². The molecule has 1 aliphatic rings. The molecule has 0 amide bonds. The third-order valence-electron chi connectivity index (χ3n) is 3.54. The first-order chi connectivity index (χ1) is 9.81. The molecule has 3 heterocycles. The van der Waals surface area contributed by atoms with Crippen LogP contribution in [-0.2, 0) is 11.2 Å². The maximum atomic E-state index is 5.39. The van der Waals surface area contributed by atoms with Crippen molar-refractivity contribution in [1.82, 2.24) is 9.97 Å². The standard InChI is InChI=1S/C16H19N3O/c1-13-2-3-14(11-18-13)8-15-9-16(12-17-10-15)19-4-6-20-7-5-19/h2-3,9-12H,4-8H2,1H3. The average molecular weight is 269 g/mol. The molecule has 0 aliphatic carbocycles. The molecule has 0 saturated carbocycles. The predicted octanol–water partition coefficient (Wildman–Crippen LogP) is 2.21. The Hall–Kier alpha value is -1.94. The summed E-state index contributed by atoms with van der Waals surface area (Å²) in [6, 6.07) is 6.40. The Morgan fingerprint density at radius 1 is 1.10 bits per heavy atom. The lowest BCUT2D eigenvalue weighted by Gasteiger charge is -2.28. The van der Waals surface area contributed by atoms with Crippen LogP contribution in [0, 0.1) is 6.92 Å². The normalized spacial score (nSPS) is 15.3.